The highest BCUT2D eigenvalue weighted by atomic mass is 35.5. The molecule has 0 aliphatic carbocycles. The molecule has 0 amide bonds. The molecule has 0 bridgehead atoms. The van der Waals surface area contributed by atoms with Gasteiger partial charge in [-0.25, -0.2) is 9.97 Å². The Hall–Kier alpha value is -2.12. The maximum Gasteiger partial charge on any atom is 0.140 e. The van der Waals surface area contributed by atoms with E-state index in [4.69, 9.17) is 16.9 Å². The van der Waals surface area contributed by atoms with Gasteiger partial charge in [-0.1, -0.05) is 17.7 Å². The smallest absolute Gasteiger partial charge is 0.140 e. The summed E-state index contributed by atoms with van der Waals surface area (Å²) < 4.78 is 0. The predicted octanol–water partition coefficient (Wildman–Crippen LogP) is 3.39. The van der Waals surface area contributed by atoms with Crippen molar-refractivity contribution in [1.29, 1.82) is 5.26 Å². The first-order valence-corrected chi connectivity index (χ1v) is 6.15. The summed E-state index contributed by atoms with van der Waals surface area (Å²) in [6, 6.07) is 9.47. The zero-order chi connectivity index (χ0) is 14.0. The molecule has 4 nitrogen and oxygen atoms in total. The van der Waals surface area contributed by atoms with Gasteiger partial charge in [0.2, 0.25) is 0 Å². The molecule has 0 atom stereocenters. The fourth-order valence-corrected chi connectivity index (χ4v) is 2.02. The summed E-state index contributed by atoms with van der Waals surface area (Å²) >= 11 is 6.08. The van der Waals surface area contributed by atoms with Gasteiger partial charge in [0.25, 0.3) is 0 Å². The van der Waals surface area contributed by atoms with Crippen LogP contribution in [-0.2, 0) is 0 Å². The van der Waals surface area contributed by atoms with E-state index >= 15 is 0 Å². The molecule has 0 saturated heterocycles. The van der Waals surface area contributed by atoms with E-state index < -0.39 is 0 Å². The number of hydrogen-bond donors (Lipinski definition) is 0. The van der Waals surface area contributed by atoms with Crippen LogP contribution in [0.4, 0.5) is 11.5 Å². The average Bonchev–Trinajstić information content (AvgIpc) is 2.42. The number of hydrogen-bond acceptors (Lipinski definition) is 4. The van der Waals surface area contributed by atoms with Gasteiger partial charge in [0.15, 0.2) is 0 Å². The number of benzene rings is 1. The third-order valence-electron chi connectivity index (χ3n) is 2.85. The average molecular weight is 273 g/mol. The fraction of sp³-hybridized carbons (Fsp3) is 0.214. The van der Waals surface area contributed by atoms with Gasteiger partial charge in [0.1, 0.15) is 16.8 Å². The molecule has 2 aromatic rings. The van der Waals surface area contributed by atoms with Crippen LogP contribution in [0.3, 0.4) is 0 Å². The summed E-state index contributed by atoms with van der Waals surface area (Å²) in [7, 11) is 1.89. The molecule has 0 fully saturated rings. The van der Waals surface area contributed by atoms with Crippen molar-refractivity contribution in [2.75, 3.05) is 11.9 Å². The van der Waals surface area contributed by atoms with Gasteiger partial charge in [-0.15, -0.1) is 0 Å². The van der Waals surface area contributed by atoms with Gasteiger partial charge in [0, 0.05) is 18.3 Å². The van der Waals surface area contributed by atoms with Gasteiger partial charge in [0.05, 0.1) is 11.6 Å². The van der Waals surface area contributed by atoms with Crippen LogP contribution >= 0.6 is 11.6 Å². The van der Waals surface area contributed by atoms with Crippen molar-refractivity contribution in [2.45, 2.75) is 13.8 Å². The van der Waals surface area contributed by atoms with Crippen molar-refractivity contribution in [1.82, 2.24) is 9.97 Å². The molecule has 0 N–H and O–H groups in total. The number of rotatable bonds is 2. The van der Waals surface area contributed by atoms with Crippen molar-refractivity contribution in [3.63, 3.8) is 0 Å². The van der Waals surface area contributed by atoms with E-state index in [0.29, 0.717) is 16.5 Å². The summed E-state index contributed by atoms with van der Waals surface area (Å²) in [6.07, 6.45) is 0. The summed E-state index contributed by atoms with van der Waals surface area (Å²) in [4.78, 5) is 10.4. The van der Waals surface area contributed by atoms with Gasteiger partial charge >= 0.3 is 0 Å². The molecule has 0 unspecified atom stereocenters. The summed E-state index contributed by atoms with van der Waals surface area (Å²) in [5.41, 5.74) is 2.31. The van der Waals surface area contributed by atoms with Crippen LogP contribution in [0, 0.1) is 25.2 Å². The molecule has 1 heterocycles. The Morgan fingerprint density at radius 3 is 2.68 bits per heavy atom. The monoisotopic (exact) mass is 272 g/mol. The SMILES string of the molecule is Cc1nc(Cl)c(C)c(N(C)c2cccc(C#N)c2)n1. The largest absolute Gasteiger partial charge is 0.329 e. The number of nitrogens with zero attached hydrogens (tertiary/aromatic N) is 4. The first-order chi connectivity index (χ1) is 9.02. The zero-order valence-electron chi connectivity index (χ0n) is 11.0. The number of nitriles is 1. The quantitative estimate of drug-likeness (QED) is 0.787. The minimum atomic E-state index is 0.450. The molecule has 0 saturated carbocycles. The van der Waals surface area contributed by atoms with Crippen LogP contribution in [0.1, 0.15) is 17.0 Å². The van der Waals surface area contributed by atoms with E-state index in [1.165, 1.54) is 0 Å². The maximum absolute atomic E-state index is 8.94. The molecule has 0 aliphatic heterocycles. The van der Waals surface area contributed by atoms with Crippen LogP contribution in [0.15, 0.2) is 24.3 Å². The standard InChI is InChI=1S/C14H13ClN4/c1-9-13(15)17-10(2)18-14(9)19(3)12-6-4-5-11(7-12)8-16/h4-7H,1-3H3. The third kappa shape index (κ3) is 2.67. The Morgan fingerprint density at radius 1 is 1.26 bits per heavy atom. The summed E-state index contributed by atoms with van der Waals surface area (Å²) in [5.74, 6) is 1.36. The van der Waals surface area contributed by atoms with Gasteiger partial charge < -0.3 is 4.90 Å². The Labute approximate surface area is 117 Å². The highest BCUT2D eigenvalue weighted by Gasteiger charge is 2.13. The molecular formula is C14H13ClN4. The maximum atomic E-state index is 8.94. The number of aromatic nitrogens is 2. The lowest BCUT2D eigenvalue weighted by Gasteiger charge is -2.21. The first-order valence-electron chi connectivity index (χ1n) is 5.77. The topological polar surface area (TPSA) is 52.8 Å². The van der Waals surface area contributed by atoms with E-state index in [9.17, 15) is 0 Å². The van der Waals surface area contributed by atoms with Crippen LogP contribution < -0.4 is 4.90 Å². The number of anilines is 2. The van der Waals surface area contributed by atoms with Crippen molar-refractivity contribution in [3.8, 4) is 6.07 Å². The van der Waals surface area contributed by atoms with Crippen molar-refractivity contribution in [2.24, 2.45) is 0 Å². The summed E-state index contributed by atoms with van der Waals surface area (Å²) in [5, 5.41) is 9.39. The van der Waals surface area contributed by atoms with E-state index in [0.717, 1.165) is 17.1 Å². The third-order valence-corrected chi connectivity index (χ3v) is 3.22. The lowest BCUT2D eigenvalue weighted by atomic mass is 10.2. The predicted molar refractivity (Wildman–Crippen MR) is 75.7 cm³/mol. The molecule has 2 rings (SSSR count). The molecule has 5 heteroatoms. The van der Waals surface area contributed by atoms with E-state index in [-0.39, 0.29) is 0 Å². The molecule has 1 aromatic heterocycles. The van der Waals surface area contributed by atoms with Crippen LogP contribution in [0.25, 0.3) is 0 Å². The number of aryl methyl sites for hydroxylation is 1. The molecule has 0 spiro atoms. The molecule has 19 heavy (non-hydrogen) atoms. The van der Waals surface area contributed by atoms with Crippen LogP contribution in [-0.4, -0.2) is 17.0 Å². The summed E-state index contributed by atoms with van der Waals surface area (Å²) in [6.45, 7) is 3.68. The molecular weight excluding hydrogens is 260 g/mol. The molecule has 96 valence electrons. The lowest BCUT2D eigenvalue weighted by molar-refractivity contribution is 0.992. The first kappa shape index (κ1) is 13.3. The Bertz CT molecular complexity index is 661. The van der Waals surface area contributed by atoms with E-state index in [1.807, 2.05) is 37.1 Å². The number of halogens is 1. The van der Waals surface area contributed by atoms with Gasteiger partial charge in [-0.2, -0.15) is 5.26 Å². The van der Waals surface area contributed by atoms with Crippen molar-refractivity contribution >= 4 is 23.1 Å². The van der Waals surface area contributed by atoms with E-state index in [1.54, 1.807) is 13.0 Å². The Balaban J connectivity index is 2.50. The second-order valence-electron chi connectivity index (χ2n) is 4.23. The lowest BCUT2D eigenvalue weighted by Crippen LogP contribution is -2.14. The zero-order valence-corrected chi connectivity index (χ0v) is 11.7. The molecule has 0 radical (unpaired) electrons. The molecule has 0 aliphatic rings. The normalized spacial score (nSPS) is 10.1. The second kappa shape index (κ2) is 5.25. The van der Waals surface area contributed by atoms with Crippen molar-refractivity contribution in [3.05, 3.63) is 46.4 Å². The van der Waals surface area contributed by atoms with Crippen LogP contribution in [0.2, 0.25) is 5.15 Å². The minimum Gasteiger partial charge on any atom is -0.329 e. The van der Waals surface area contributed by atoms with Crippen molar-refractivity contribution < 1.29 is 0 Å². The minimum absolute atomic E-state index is 0.450. The fourth-order valence-electron chi connectivity index (χ4n) is 1.81. The van der Waals surface area contributed by atoms with Gasteiger partial charge in [-0.05, 0) is 32.0 Å². The Morgan fingerprint density at radius 2 is 2.00 bits per heavy atom. The highest BCUT2D eigenvalue weighted by molar-refractivity contribution is 6.30. The second-order valence-corrected chi connectivity index (χ2v) is 4.59. The Kier molecular flexibility index (Phi) is 3.68. The molecule has 1 aromatic carbocycles. The van der Waals surface area contributed by atoms with Gasteiger partial charge in [-0.3, -0.25) is 0 Å². The van der Waals surface area contributed by atoms with E-state index in [2.05, 4.69) is 16.0 Å². The highest BCUT2D eigenvalue weighted by Crippen LogP contribution is 2.28. The van der Waals surface area contributed by atoms with Crippen LogP contribution in [0.5, 0.6) is 0 Å².